The summed E-state index contributed by atoms with van der Waals surface area (Å²) in [4.78, 5) is 50.3. The molecule has 0 spiro atoms. The van der Waals surface area contributed by atoms with Crippen LogP contribution in [0.1, 0.15) is 58.4 Å². The molecule has 0 bridgehead atoms. The molecule has 0 aliphatic heterocycles. The Bertz CT molecular complexity index is 1100. The molecule has 2 amide bonds. The number of aromatic nitrogens is 1. The van der Waals surface area contributed by atoms with Crippen molar-refractivity contribution >= 4 is 29.1 Å². The number of rotatable bonds is 8. The van der Waals surface area contributed by atoms with E-state index >= 15 is 0 Å². The van der Waals surface area contributed by atoms with E-state index in [4.69, 9.17) is 0 Å². The molecule has 0 unspecified atom stereocenters. The Morgan fingerprint density at radius 3 is 2.28 bits per heavy atom. The van der Waals surface area contributed by atoms with Gasteiger partial charge < -0.3 is 20.3 Å². The van der Waals surface area contributed by atoms with Gasteiger partial charge >= 0.3 is 0 Å². The van der Waals surface area contributed by atoms with Gasteiger partial charge in [-0.3, -0.25) is 19.2 Å². The van der Waals surface area contributed by atoms with Gasteiger partial charge in [0.25, 0.3) is 17.6 Å². The average Bonchev–Trinajstić information content (AvgIpc) is 2.93. The van der Waals surface area contributed by atoms with Gasteiger partial charge in [0, 0.05) is 17.9 Å². The quantitative estimate of drug-likeness (QED) is 0.426. The normalized spacial score (nSPS) is 11.2. The number of ketones is 2. The van der Waals surface area contributed by atoms with Gasteiger partial charge in [0.2, 0.25) is 0 Å². The second kappa shape index (κ2) is 9.44. The smallest absolute Gasteiger partial charge is 0.294 e. The van der Waals surface area contributed by atoms with Crippen LogP contribution < -0.4 is 10.6 Å². The Morgan fingerprint density at radius 2 is 1.75 bits per heavy atom. The number of hydrogen-bond acceptors (Lipinski definition) is 5. The summed E-state index contributed by atoms with van der Waals surface area (Å²) in [5.41, 5.74) is 0.246. The zero-order chi connectivity index (χ0) is 24.4. The second-order valence-electron chi connectivity index (χ2n) is 8.19. The van der Waals surface area contributed by atoms with Crippen molar-refractivity contribution in [1.82, 2.24) is 9.88 Å². The lowest BCUT2D eigenvalue weighted by atomic mass is 9.99. The number of nitrogens with zero attached hydrogens (tertiary/aromatic N) is 1. The molecular weight excluding hydrogens is 417 g/mol. The zero-order valence-electron chi connectivity index (χ0n) is 19.1. The van der Waals surface area contributed by atoms with Crippen LogP contribution in [-0.4, -0.2) is 45.2 Å². The molecule has 0 fully saturated rings. The lowest BCUT2D eigenvalue weighted by molar-refractivity contribution is -0.127. The number of nitrogens with one attached hydrogen (secondary N) is 2. The van der Waals surface area contributed by atoms with Gasteiger partial charge in [0.15, 0.2) is 5.78 Å². The minimum Gasteiger partial charge on any atom is -0.395 e. The summed E-state index contributed by atoms with van der Waals surface area (Å²) in [5.74, 6) is -3.19. The van der Waals surface area contributed by atoms with E-state index in [2.05, 4.69) is 10.6 Å². The highest BCUT2D eigenvalue weighted by Crippen LogP contribution is 2.25. The van der Waals surface area contributed by atoms with Crippen LogP contribution in [0.4, 0.5) is 10.1 Å². The molecule has 1 heterocycles. The minimum absolute atomic E-state index is 0.0138. The maximum absolute atomic E-state index is 13.5. The van der Waals surface area contributed by atoms with E-state index in [1.54, 1.807) is 13.8 Å². The largest absolute Gasteiger partial charge is 0.395 e. The second-order valence-corrected chi connectivity index (χ2v) is 8.19. The number of amides is 2. The molecule has 8 nitrogen and oxygen atoms in total. The van der Waals surface area contributed by atoms with E-state index in [0.29, 0.717) is 16.9 Å². The van der Waals surface area contributed by atoms with Crippen molar-refractivity contribution in [1.29, 1.82) is 0 Å². The van der Waals surface area contributed by atoms with Gasteiger partial charge in [-0.25, -0.2) is 4.39 Å². The number of anilines is 1. The van der Waals surface area contributed by atoms with E-state index in [-0.39, 0.29) is 35.8 Å². The number of benzene rings is 1. The fourth-order valence-electron chi connectivity index (χ4n) is 3.35. The maximum Gasteiger partial charge on any atom is 0.294 e. The molecule has 0 saturated carbocycles. The summed E-state index contributed by atoms with van der Waals surface area (Å²) in [6, 6.07) is 4.13. The number of carbonyl (C=O) groups excluding carboxylic acids is 4. The molecule has 32 heavy (non-hydrogen) atoms. The summed E-state index contributed by atoms with van der Waals surface area (Å²) in [6.07, 6.45) is 0. The van der Waals surface area contributed by atoms with Gasteiger partial charge in [-0.05, 0) is 70.9 Å². The van der Waals surface area contributed by atoms with Crippen molar-refractivity contribution in [2.24, 2.45) is 0 Å². The molecule has 0 aliphatic carbocycles. The molecule has 1 aromatic heterocycles. The molecule has 0 radical (unpaired) electrons. The third kappa shape index (κ3) is 4.94. The van der Waals surface area contributed by atoms with Crippen LogP contribution in [0.25, 0.3) is 0 Å². The first-order valence-corrected chi connectivity index (χ1v) is 10.1. The fraction of sp³-hybridized carbons (Fsp3) is 0.391. The number of aliphatic hydroxyl groups is 1. The molecule has 0 saturated heterocycles. The monoisotopic (exact) mass is 445 g/mol. The number of Topliss-reactive ketones (excluding diaryl/α,β-unsaturated/α-hetero) is 2. The first-order chi connectivity index (χ1) is 14.8. The van der Waals surface area contributed by atoms with Crippen LogP contribution in [0.3, 0.4) is 0 Å². The Balaban J connectivity index is 2.47. The first kappa shape index (κ1) is 24.9. The molecular formula is C23H28FN3O5. The summed E-state index contributed by atoms with van der Waals surface area (Å²) in [6.45, 7) is 8.62. The molecule has 3 N–H and O–H groups in total. The number of aryl methyl sites for hydroxylation is 1. The molecule has 9 heteroatoms. The average molecular weight is 445 g/mol. The summed E-state index contributed by atoms with van der Waals surface area (Å²) in [5, 5.41) is 14.5. The molecule has 172 valence electrons. The number of carbonyl (C=O) groups is 4. The number of hydrogen-bond donors (Lipinski definition) is 3. The lowest BCUT2D eigenvalue weighted by Gasteiger charge is -2.22. The highest BCUT2D eigenvalue weighted by atomic mass is 19.1. The third-order valence-corrected chi connectivity index (χ3v) is 5.46. The van der Waals surface area contributed by atoms with Crippen LogP contribution in [-0.2, 0) is 16.1 Å². The summed E-state index contributed by atoms with van der Waals surface area (Å²) in [7, 11) is 0. The standard InChI is InChI=1S/C23H28FN3O5/c1-12-11-16(7-8-17(12)24)25-21(31)18-13(2)19(27(9-10-28)14(18)3)20(30)22(32)26-23(5,6)15(4)29/h7-8,11,28H,9-10H2,1-6H3,(H,25,31)(H,26,32). The molecule has 0 aliphatic rings. The van der Waals surface area contributed by atoms with Crippen LogP contribution in [0, 0.1) is 26.6 Å². The highest BCUT2D eigenvalue weighted by Gasteiger charge is 2.33. The Morgan fingerprint density at radius 1 is 1.12 bits per heavy atom. The van der Waals surface area contributed by atoms with Crippen molar-refractivity contribution < 1.29 is 28.7 Å². The van der Waals surface area contributed by atoms with Crippen molar-refractivity contribution in [3.63, 3.8) is 0 Å². The van der Waals surface area contributed by atoms with Crippen LogP contribution in [0.2, 0.25) is 0 Å². The van der Waals surface area contributed by atoms with Crippen molar-refractivity contribution in [2.45, 2.75) is 53.6 Å². The van der Waals surface area contributed by atoms with Crippen molar-refractivity contribution in [3.8, 4) is 0 Å². The molecule has 1 aromatic carbocycles. The highest BCUT2D eigenvalue weighted by molar-refractivity contribution is 6.43. The summed E-state index contributed by atoms with van der Waals surface area (Å²) >= 11 is 0. The predicted molar refractivity (Wildman–Crippen MR) is 117 cm³/mol. The van der Waals surface area contributed by atoms with E-state index in [1.807, 2.05) is 0 Å². The molecule has 2 rings (SSSR count). The van der Waals surface area contributed by atoms with Gasteiger partial charge in [-0.15, -0.1) is 0 Å². The van der Waals surface area contributed by atoms with E-state index in [9.17, 15) is 28.7 Å². The van der Waals surface area contributed by atoms with Crippen molar-refractivity contribution in [2.75, 3.05) is 11.9 Å². The van der Waals surface area contributed by atoms with Gasteiger partial charge in [-0.2, -0.15) is 0 Å². The van der Waals surface area contributed by atoms with E-state index in [1.165, 1.54) is 50.5 Å². The lowest BCUT2D eigenvalue weighted by Crippen LogP contribution is -2.51. The topological polar surface area (TPSA) is 118 Å². The van der Waals surface area contributed by atoms with Crippen LogP contribution in [0.15, 0.2) is 18.2 Å². The Hall–Kier alpha value is -3.33. The Kier molecular flexibility index (Phi) is 7.35. The molecule has 2 aromatic rings. The molecule has 0 atom stereocenters. The SMILES string of the molecule is CC(=O)C(C)(C)NC(=O)C(=O)c1c(C)c(C(=O)Nc2ccc(F)c(C)c2)c(C)n1CCO. The van der Waals surface area contributed by atoms with Crippen molar-refractivity contribution in [3.05, 3.63) is 52.1 Å². The number of aliphatic hydroxyl groups excluding tert-OH is 1. The number of halogens is 1. The van der Waals surface area contributed by atoms with Crippen LogP contribution in [0.5, 0.6) is 0 Å². The van der Waals surface area contributed by atoms with E-state index in [0.717, 1.165) is 0 Å². The minimum atomic E-state index is -1.25. The fourth-order valence-corrected chi connectivity index (χ4v) is 3.35. The van der Waals surface area contributed by atoms with E-state index < -0.39 is 29.0 Å². The third-order valence-electron chi connectivity index (χ3n) is 5.46. The van der Waals surface area contributed by atoms with Gasteiger partial charge in [-0.1, -0.05) is 0 Å². The van der Waals surface area contributed by atoms with Gasteiger partial charge in [0.05, 0.1) is 23.4 Å². The maximum atomic E-state index is 13.5. The first-order valence-electron chi connectivity index (χ1n) is 10.1. The summed E-state index contributed by atoms with van der Waals surface area (Å²) < 4.78 is 14.9. The van der Waals surface area contributed by atoms with Gasteiger partial charge in [0.1, 0.15) is 5.82 Å². The predicted octanol–water partition coefficient (Wildman–Crippen LogP) is 2.46. The van der Waals surface area contributed by atoms with Crippen LogP contribution >= 0.6 is 0 Å². The Labute approximate surface area is 185 Å². The zero-order valence-corrected chi connectivity index (χ0v) is 19.1.